The Kier molecular flexibility index (Phi) is 13.9. The highest BCUT2D eigenvalue weighted by Gasteiger charge is 2.24. The summed E-state index contributed by atoms with van der Waals surface area (Å²) in [7, 11) is -2.50. The molecule has 0 aliphatic carbocycles. The van der Waals surface area contributed by atoms with E-state index < -0.39 is 15.9 Å². The molecular formula is C38H44Cl2N4O4S. The maximum atomic E-state index is 13.9. The van der Waals surface area contributed by atoms with Crippen molar-refractivity contribution in [3.63, 3.8) is 0 Å². The van der Waals surface area contributed by atoms with Gasteiger partial charge in [-0.15, -0.1) is 0 Å². The van der Waals surface area contributed by atoms with E-state index in [2.05, 4.69) is 23.9 Å². The predicted molar refractivity (Wildman–Crippen MR) is 201 cm³/mol. The number of unbranched alkanes of at least 4 members (excludes halogenated alkanes) is 4. The summed E-state index contributed by atoms with van der Waals surface area (Å²) in [5.41, 5.74) is 3.56. The number of anilines is 2. The molecule has 11 heteroatoms. The number of nitrogens with zero attached hydrogens (tertiary/aromatic N) is 2. The molecule has 0 aliphatic heterocycles. The molecule has 0 atom stereocenters. The third kappa shape index (κ3) is 10.2. The number of hydrogen-bond acceptors (Lipinski definition) is 5. The third-order valence-corrected chi connectivity index (χ3v) is 10.2. The van der Waals surface area contributed by atoms with Gasteiger partial charge in [0.1, 0.15) is 0 Å². The Hall–Kier alpha value is -4.05. The summed E-state index contributed by atoms with van der Waals surface area (Å²) < 4.78 is 28.9. The maximum absolute atomic E-state index is 13.9. The fourth-order valence-corrected chi connectivity index (χ4v) is 7.09. The standard InChI is InChI=1S/C38H44Cl2N4O4S/c1-4-6-12-24-41-30-22-23-34(40)35(26-30)43(3)38(46)44(25-13-7-5-2)27-28-18-20-29(21-19-28)31-14-9-11-17-36(31)49(47,48)42-37(45)32-15-8-10-16-33(32)39/h8-11,14-23,26,41H,4-7,12-13,24-25,27H2,1-3H3,(H,42,45). The number of carbonyl (C=O) groups excluding carboxylic acids is 2. The molecule has 0 bridgehead atoms. The molecule has 0 heterocycles. The SMILES string of the molecule is CCCCCNc1ccc(Cl)c(N(C)C(=O)N(CCCCC)Cc2ccc(-c3ccccc3S(=O)(=O)NC(=O)c3ccccc3Cl)cc2)c1. The first-order valence-corrected chi connectivity index (χ1v) is 18.9. The van der Waals surface area contributed by atoms with Gasteiger partial charge in [-0.3, -0.25) is 9.69 Å². The van der Waals surface area contributed by atoms with Gasteiger partial charge in [-0.2, -0.15) is 0 Å². The summed E-state index contributed by atoms with van der Waals surface area (Å²) in [5, 5.41) is 4.07. The average molecular weight is 724 g/mol. The molecule has 0 radical (unpaired) electrons. The van der Waals surface area contributed by atoms with E-state index in [1.54, 1.807) is 42.3 Å². The summed E-state index contributed by atoms with van der Waals surface area (Å²) in [6, 6.07) is 25.6. The zero-order chi connectivity index (χ0) is 35.4. The van der Waals surface area contributed by atoms with Crippen LogP contribution >= 0.6 is 23.2 Å². The molecule has 4 aromatic rings. The Morgan fingerprint density at radius 3 is 2.16 bits per heavy atom. The zero-order valence-electron chi connectivity index (χ0n) is 28.2. The van der Waals surface area contributed by atoms with E-state index in [0.717, 1.165) is 56.3 Å². The first-order valence-electron chi connectivity index (χ1n) is 16.6. The van der Waals surface area contributed by atoms with Crippen LogP contribution in [0.1, 0.15) is 68.3 Å². The normalized spacial score (nSPS) is 11.2. The molecule has 4 aromatic carbocycles. The molecule has 3 amide bonds. The zero-order valence-corrected chi connectivity index (χ0v) is 30.5. The van der Waals surface area contributed by atoms with Gasteiger partial charge in [0, 0.05) is 37.9 Å². The summed E-state index contributed by atoms with van der Waals surface area (Å²) in [6.07, 6.45) is 6.21. The van der Waals surface area contributed by atoms with Crippen LogP contribution in [0.15, 0.2) is 95.9 Å². The second-order valence-corrected chi connectivity index (χ2v) is 14.3. The van der Waals surface area contributed by atoms with Crippen LogP contribution in [-0.4, -0.2) is 45.4 Å². The number of amides is 3. The molecule has 0 spiro atoms. The van der Waals surface area contributed by atoms with Gasteiger partial charge in [-0.25, -0.2) is 17.9 Å². The Morgan fingerprint density at radius 1 is 0.776 bits per heavy atom. The van der Waals surface area contributed by atoms with E-state index in [1.165, 1.54) is 18.2 Å². The molecule has 2 N–H and O–H groups in total. The van der Waals surface area contributed by atoms with Crippen molar-refractivity contribution >= 4 is 56.5 Å². The van der Waals surface area contributed by atoms with Crippen LogP contribution in [0.4, 0.5) is 16.2 Å². The van der Waals surface area contributed by atoms with E-state index in [-0.39, 0.29) is 21.5 Å². The Balaban J connectivity index is 1.53. The van der Waals surface area contributed by atoms with Crippen LogP contribution < -0.4 is 14.9 Å². The predicted octanol–water partition coefficient (Wildman–Crippen LogP) is 9.63. The highest BCUT2D eigenvalue weighted by Crippen LogP contribution is 2.31. The van der Waals surface area contributed by atoms with E-state index >= 15 is 0 Å². The first kappa shape index (κ1) is 37.8. The topological polar surface area (TPSA) is 98.8 Å². The maximum Gasteiger partial charge on any atom is 0.324 e. The summed E-state index contributed by atoms with van der Waals surface area (Å²) >= 11 is 12.7. The molecule has 0 fully saturated rings. The lowest BCUT2D eigenvalue weighted by molar-refractivity contribution is 0.0981. The van der Waals surface area contributed by atoms with Crippen molar-refractivity contribution in [2.24, 2.45) is 0 Å². The van der Waals surface area contributed by atoms with E-state index in [4.69, 9.17) is 23.2 Å². The lowest BCUT2D eigenvalue weighted by atomic mass is 10.0. The number of hydrogen-bond donors (Lipinski definition) is 2. The van der Waals surface area contributed by atoms with Crippen molar-refractivity contribution in [3.8, 4) is 11.1 Å². The van der Waals surface area contributed by atoms with Crippen molar-refractivity contribution in [3.05, 3.63) is 112 Å². The van der Waals surface area contributed by atoms with Crippen molar-refractivity contribution < 1.29 is 18.0 Å². The molecule has 0 saturated carbocycles. The van der Waals surface area contributed by atoms with E-state index in [9.17, 15) is 18.0 Å². The summed E-state index contributed by atoms with van der Waals surface area (Å²) in [5.74, 6) is -0.815. The Labute approximate surface area is 300 Å². The highest BCUT2D eigenvalue weighted by atomic mass is 35.5. The minimum Gasteiger partial charge on any atom is -0.385 e. The lowest BCUT2D eigenvalue weighted by Gasteiger charge is -2.29. The van der Waals surface area contributed by atoms with Gasteiger partial charge in [0.05, 0.1) is 26.2 Å². The number of carbonyl (C=O) groups is 2. The number of urea groups is 1. The van der Waals surface area contributed by atoms with Gasteiger partial charge in [-0.1, -0.05) is 117 Å². The third-order valence-electron chi connectivity index (χ3n) is 8.17. The van der Waals surface area contributed by atoms with E-state index in [1.807, 2.05) is 47.4 Å². The number of rotatable bonds is 16. The van der Waals surface area contributed by atoms with Crippen LogP contribution in [0.3, 0.4) is 0 Å². The van der Waals surface area contributed by atoms with Crippen LogP contribution in [-0.2, 0) is 16.6 Å². The molecule has 49 heavy (non-hydrogen) atoms. The van der Waals surface area contributed by atoms with Crippen LogP contribution in [0.25, 0.3) is 11.1 Å². The molecule has 0 saturated heterocycles. The summed E-state index contributed by atoms with van der Waals surface area (Å²) in [6.45, 7) is 6.06. The summed E-state index contributed by atoms with van der Waals surface area (Å²) in [4.78, 5) is 30.1. The molecular weight excluding hydrogens is 679 g/mol. The van der Waals surface area contributed by atoms with Gasteiger partial charge in [-0.05, 0) is 60.4 Å². The van der Waals surface area contributed by atoms with Crippen molar-refractivity contribution in [1.29, 1.82) is 0 Å². The molecule has 4 rings (SSSR count). The van der Waals surface area contributed by atoms with Gasteiger partial charge in [0.2, 0.25) is 0 Å². The molecule has 260 valence electrons. The van der Waals surface area contributed by atoms with Gasteiger partial charge >= 0.3 is 6.03 Å². The Morgan fingerprint density at radius 2 is 1.45 bits per heavy atom. The minimum absolute atomic E-state index is 0.0416. The highest BCUT2D eigenvalue weighted by molar-refractivity contribution is 7.90. The van der Waals surface area contributed by atoms with Crippen LogP contribution in [0.2, 0.25) is 10.0 Å². The molecule has 0 aliphatic rings. The van der Waals surface area contributed by atoms with Crippen molar-refractivity contribution in [1.82, 2.24) is 9.62 Å². The van der Waals surface area contributed by atoms with Gasteiger partial charge in [0.15, 0.2) is 0 Å². The molecule has 0 aromatic heterocycles. The second-order valence-electron chi connectivity index (χ2n) is 11.9. The number of benzene rings is 4. The van der Waals surface area contributed by atoms with Gasteiger partial charge < -0.3 is 10.2 Å². The minimum atomic E-state index is -4.24. The Bertz CT molecular complexity index is 1830. The van der Waals surface area contributed by atoms with Crippen LogP contribution in [0.5, 0.6) is 0 Å². The number of sulfonamides is 1. The number of halogens is 2. The fraction of sp³-hybridized carbons (Fsp3) is 0.316. The fourth-order valence-electron chi connectivity index (χ4n) is 5.42. The molecule has 8 nitrogen and oxygen atoms in total. The van der Waals surface area contributed by atoms with Crippen LogP contribution in [0, 0.1) is 0 Å². The number of nitrogens with one attached hydrogen (secondary N) is 2. The van der Waals surface area contributed by atoms with Gasteiger partial charge in [0.25, 0.3) is 15.9 Å². The van der Waals surface area contributed by atoms with Crippen molar-refractivity contribution in [2.45, 2.75) is 63.8 Å². The van der Waals surface area contributed by atoms with E-state index in [0.29, 0.717) is 34.9 Å². The first-order chi connectivity index (χ1) is 23.6. The second kappa shape index (κ2) is 18.1. The smallest absolute Gasteiger partial charge is 0.324 e. The lowest BCUT2D eigenvalue weighted by Crippen LogP contribution is -2.41. The quantitative estimate of drug-likeness (QED) is 0.112. The largest absolute Gasteiger partial charge is 0.385 e. The monoisotopic (exact) mass is 722 g/mol. The average Bonchev–Trinajstić information content (AvgIpc) is 3.10. The molecule has 0 unspecified atom stereocenters. The van der Waals surface area contributed by atoms with Crippen molar-refractivity contribution in [2.75, 3.05) is 30.4 Å².